The zero-order valence-electron chi connectivity index (χ0n) is 10.2. The number of ketones is 1. The molecule has 0 bridgehead atoms. The third-order valence-electron chi connectivity index (χ3n) is 4.64. The molecule has 2 rings (SSSR count). The molecule has 0 aromatic rings. The molecule has 0 aliphatic heterocycles. The second-order valence-electron chi connectivity index (χ2n) is 6.36. The summed E-state index contributed by atoms with van der Waals surface area (Å²) in [7, 11) is 0. The lowest BCUT2D eigenvalue weighted by Gasteiger charge is -2.45. The van der Waals surface area contributed by atoms with Gasteiger partial charge in [-0.15, -0.1) is 0 Å². The Morgan fingerprint density at radius 1 is 1.33 bits per heavy atom. The lowest BCUT2D eigenvalue weighted by molar-refractivity contribution is -0.114. The van der Waals surface area contributed by atoms with Gasteiger partial charge >= 0.3 is 0 Å². The van der Waals surface area contributed by atoms with Crippen molar-refractivity contribution in [3.63, 3.8) is 0 Å². The van der Waals surface area contributed by atoms with Crippen molar-refractivity contribution in [2.75, 3.05) is 0 Å². The molecule has 0 aromatic carbocycles. The van der Waals surface area contributed by atoms with Crippen LogP contribution in [0.5, 0.6) is 0 Å². The van der Waals surface area contributed by atoms with Gasteiger partial charge in [-0.25, -0.2) is 0 Å². The third-order valence-corrected chi connectivity index (χ3v) is 4.64. The summed E-state index contributed by atoms with van der Waals surface area (Å²) in [6, 6.07) is 0. The number of rotatable bonds is 0. The minimum absolute atomic E-state index is 0.152. The monoisotopic (exact) mass is 206 g/mol. The van der Waals surface area contributed by atoms with Crippen LogP contribution in [0.15, 0.2) is 12.2 Å². The number of carbonyl (C=O) groups excluding carboxylic acids is 1. The van der Waals surface area contributed by atoms with Crippen LogP contribution in [0.3, 0.4) is 0 Å². The first kappa shape index (κ1) is 10.9. The number of carbonyl (C=O) groups is 1. The van der Waals surface area contributed by atoms with Crippen LogP contribution in [0, 0.1) is 16.7 Å². The summed E-state index contributed by atoms with van der Waals surface area (Å²) in [5.74, 6) is 0.831. The van der Waals surface area contributed by atoms with E-state index in [0.29, 0.717) is 17.1 Å². The van der Waals surface area contributed by atoms with Gasteiger partial charge in [0.2, 0.25) is 0 Å². The van der Waals surface area contributed by atoms with Crippen LogP contribution < -0.4 is 0 Å². The highest BCUT2D eigenvalue weighted by molar-refractivity contribution is 5.99. The summed E-state index contributed by atoms with van der Waals surface area (Å²) in [5.41, 5.74) is 1.47. The molecular weight excluding hydrogens is 184 g/mol. The molecule has 0 aromatic heterocycles. The second kappa shape index (κ2) is 3.20. The highest BCUT2D eigenvalue weighted by atomic mass is 16.1. The standard InChI is InChI=1S/C14H22O/c1-10-8-12(15)11(2)14(10)7-5-6-13(3,4)9-14/h10H,2,5-9H2,1,3-4H3/t10-,14-/m1/s1. The number of hydrogen-bond donors (Lipinski definition) is 0. The molecule has 1 spiro atoms. The summed E-state index contributed by atoms with van der Waals surface area (Å²) < 4.78 is 0. The van der Waals surface area contributed by atoms with Crippen molar-refractivity contribution in [3.8, 4) is 0 Å². The van der Waals surface area contributed by atoms with Gasteiger partial charge in [0.15, 0.2) is 5.78 Å². The lowest BCUT2D eigenvalue weighted by Crippen LogP contribution is -2.36. The summed E-state index contributed by atoms with van der Waals surface area (Å²) in [6.07, 6.45) is 5.62. The van der Waals surface area contributed by atoms with Crippen LogP contribution in [-0.4, -0.2) is 5.78 Å². The van der Waals surface area contributed by atoms with Gasteiger partial charge in [-0.2, -0.15) is 0 Å². The maximum atomic E-state index is 11.8. The maximum absolute atomic E-state index is 11.8. The fraction of sp³-hybridized carbons (Fsp3) is 0.786. The molecule has 2 aliphatic rings. The highest BCUT2D eigenvalue weighted by Crippen LogP contribution is 2.58. The Morgan fingerprint density at radius 3 is 2.47 bits per heavy atom. The fourth-order valence-corrected chi connectivity index (χ4v) is 3.76. The average molecular weight is 206 g/mol. The molecule has 1 nitrogen and oxygen atoms in total. The Balaban J connectivity index is 2.33. The molecule has 2 fully saturated rings. The Hall–Kier alpha value is -0.590. The van der Waals surface area contributed by atoms with Crippen LogP contribution in [0.4, 0.5) is 0 Å². The first-order chi connectivity index (χ1) is 6.87. The molecule has 0 saturated heterocycles. The molecule has 0 amide bonds. The fourth-order valence-electron chi connectivity index (χ4n) is 3.76. The topological polar surface area (TPSA) is 17.1 Å². The highest BCUT2D eigenvalue weighted by Gasteiger charge is 2.51. The molecule has 84 valence electrons. The van der Waals surface area contributed by atoms with E-state index < -0.39 is 0 Å². The van der Waals surface area contributed by atoms with Gasteiger partial charge in [-0.1, -0.05) is 33.8 Å². The first-order valence-electron chi connectivity index (χ1n) is 6.10. The van der Waals surface area contributed by atoms with Crippen molar-refractivity contribution in [2.24, 2.45) is 16.7 Å². The van der Waals surface area contributed by atoms with Crippen LogP contribution >= 0.6 is 0 Å². The largest absolute Gasteiger partial charge is 0.295 e. The lowest BCUT2D eigenvalue weighted by atomic mass is 9.58. The molecule has 0 radical (unpaired) electrons. The van der Waals surface area contributed by atoms with E-state index in [-0.39, 0.29) is 5.41 Å². The van der Waals surface area contributed by atoms with E-state index in [4.69, 9.17) is 0 Å². The zero-order valence-corrected chi connectivity index (χ0v) is 10.2. The van der Waals surface area contributed by atoms with E-state index in [0.717, 1.165) is 18.4 Å². The van der Waals surface area contributed by atoms with E-state index in [2.05, 4.69) is 27.4 Å². The first-order valence-corrected chi connectivity index (χ1v) is 6.10. The molecule has 2 aliphatic carbocycles. The van der Waals surface area contributed by atoms with Gasteiger partial charge in [0.05, 0.1) is 0 Å². The quantitative estimate of drug-likeness (QED) is 0.552. The van der Waals surface area contributed by atoms with Crippen LogP contribution in [0.25, 0.3) is 0 Å². The van der Waals surface area contributed by atoms with Gasteiger partial charge in [0.25, 0.3) is 0 Å². The molecule has 1 heteroatoms. The minimum atomic E-state index is 0.152. The van der Waals surface area contributed by atoms with Crippen LogP contribution in [0.2, 0.25) is 0 Å². The van der Waals surface area contributed by atoms with Crippen molar-refractivity contribution in [3.05, 3.63) is 12.2 Å². The van der Waals surface area contributed by atoms with Gasteiger partial charge in [-0.3, -0.25) is 4.79 Å². The van der Waals surface area contributed by atoms with Gasteiger partial charge in [0.1, 0.15) is 0 Å². The molecule has 15 heavy (non-hydrogen) atoms. The Bertz CT molecular complexity index is 313. The molecule has 0 heterocycles. The second-order valence-corrected chi connectivity index (χ2v) is 6.36. The minimum Gasteiger partial charge on any atom is -0.295 e. The predicted molar refractivity (Wildman–Crippen MR) is 62.6 cm³/mol. The predicted octanol–water partition coefficient (Wildman–Crippen LogP) is 3.74. The number of hydrogen-bond acceptors (Lipinski definition) is 1. The maximum Gasteiger partial charge on any atom is 0.159 e. The average Bonchev–Trinajstić information content (AvgIpc) is 2.30. The van der Waals surface area contributed by atoms with E-state index in [1.165, 1.54) is 19.3 Å². The summed E-state index contributed by atoms with van der Waals surface area (Å²) in [6.45, 7) is 11.0. The third kappa shape index (κ3) is 1.56. The van der Waals surface area contributed by atoms with Crippen LogP contribution in [-0.2, 0) is 4.79 Å². The molecular formula is C14H22O. The van der Waals surface area contributed by atoms with Crippen molar-refractivity contribution < 1.29 is 4.79 Å². The summed E-state index contributed by atoms with van der Waals surface area (Å²) >= 11 is 0. The molecule has 2 saturated carbocycles. The summed E-state index contributed by atoms with van der Waals surface area (Å²) in [5, 5.41) is 0. The van der Waals surface area contributed by atoms with Crippen molar-refractivity contribution in [1.29, 1.82) is 0 Å². The van der Waals surface area contributed by atoms with Gasteiger partial charge < -0.3 is 0 Å². The van der Waals surface area contributed by atoms with Crippen molar-refractivity contribution >= 4 is 5.78 Å². The van der Waals surface area contributed by atoms with Gasteiger partial charge in [0, 0.05) is 11.8 Å². The Morgan fingerprint density at radius 2 is 2.00 bits per heavy atom. The smallest absolute Gasteiger partial charge is 0.159 e. The van der Waals surface area contributed by atoms with Crippen molar-refractivity contribution in [2.45, 2.75) is 52.9 Å². The normalized spacial score (nSPS) is 40.1. The van der Waals surface area contributed by atoms with E-state index >= 15 is 0 Å². The molecule has 0 unspecified atom stereocenters. The zero-order chi connectivity index (χ0) is 11.3. The Labute approximate surface area is 92.9 Å². The van der Waals surface area contributed by atoms with E-state index in [1.807, 2.05) is 0 Å². The van der Waals surface area contributed by atoms with E-state index in [9.17, 15) is 4.79 Å². The number of allylic oxidation sites excluding steroid dienone is 1. The van der Waals surface area contributed by atoms with Crippen LogP contribution in [0.1, 0.15) is 52.9 Å². The number of Topliss-reactive ketones (excluding diaryl/α,β-unsaturated/α-hetero) is 1. The molecule has 0 N–H and O–H groups in total. The van der Waals surface area contributed by atoms with E-state index in [1.54, 1.807) is 0 Å². The molecule has 2 atom stereocenters. The van der Waals surface area contributed by atoms with Crippen molar-refractivity contribution in [1.82, 2.24) is 0 Å². The Kier molecular flexibility index (Phi) is 2.33. The SMILES string of the molecule is C=C1C(=O)C[C@@H](C)[C@]12CCCC(C)(C)C2. The summed E-state index contributed by atoms with van der Waals surface area (Å²) in [4.78, 5) is 11.8. The van der Waals surface area contributed by atoms with Gasteiger partial charge in [-0.05, 0) is 36.2 Å².